The van der Waals surface area contributed by atoms with Crippen LogP contribution in [-0.2, 0) is 0 Å². The zero-order valence-corrected chi connectivity index (χ0v) is 14.5. The molecule has 1 aliphatic rings. The Bertz CT molecular complexity index is 679. The van der Waals surface area contributed by atoms with E-state index >= 15 is 0 Å². The SMILES string of the molecule is COc1ccc2c(c1)[C@H](N)CC(c1ncc(Br)cc1Br)O2. The Balaban J connectivity index is 1.94. The van der Waals surface area contributed by atoms with Gasteiger partial charge in [0.1, 0.15) is 17.6 Å². The molecule has 0 fully saturated rings. The molecule has 3 rings (SSSR count). The number of pyridine rings is 1. The molecular weight excluding hydrogens is 400 g/mol. The number of hydrogen-bond acceptors (Lipinski definition) is 4. The van der Waals surface area contributed by atoms with Gasteiger partial charge in [-0.1, -0.05) is 0 Å². The summed E-state index contributed by atoms with van der Waals surface area (Å²) in [5.74, 6) is 1.57. The molecule has 4 nitrogen and oxygen atoms in total. The summed E-state index contributed by atoms with van der Waals surface area (Å²) in [6, 6.07) is 7.55. The molecular formula is C15H14Br2N2O2. The lowest BCUT2D eigenvalue weighted by atomic mass is 9.95. The largest absolute Gasteiger partial charge is 0.497 e. The molecule has 6 heteroatoms. The fourth-order valence-electron chi connectivity index (χ4n) is 2.44. The maximum atomic E-state index is 6.29. The van der Waals surface area contributed by atoms with E-state index in [4.69, 9.17) is 15.2 Å². The van der Waals surface area contributed by atoms with E-state index in [-0.39, 0.29) is 12.1 Å². The van der Waals surface area contributed by atoms with Crippen molar-refractivity contribution in [1.29, 1.82) is 0 Å². The normalized spacial score (nSPS) is 20.6. The highest BCUT2D eigenvalue weighted by Crippen LogP contribution is 2.42. The highest BCUT2D eigenvalue weighted by molar-refractivity contribution is 9.11. The van der Waals surface area contributed by atoms with Gasteiger partial charge in [0, 0.05) is 33.2 Å². The van der Waals surface area contributed by atoms with Crippen molar-refractivity contribution in [1.82, 2.24) is 4.98 Å². The Morgan fingerprint density at radius 3 is 2.86 bits per heavy atom. The van der Waals surface area contributed by atoms with Gasteiger partial charge in [0.25, 0.3) is 0 Å². The van der Waals surface area contributed by atoms with Gasteiger partial charge < -0.3 is 15.2 Å². The zero-order valence-electron chi connectivity index (χ0n) is 11.3. The molecule has 1 unspecified atom stereocenters. The van der Waals surface area contributed by atoms with E-state index in [0.717, 1.165) is 31.7 Å². The number of nitrogens with zero attached hydrogens (tertiary/aromatic N) is 1. The molecule has 21 heavy (non-hydrogen) atoms. The Hall–Kier alpha value is -1.11. The number of fused-ring (bicyclic) bond motifs is 1. The van der Waals surface area contributed by atoms with Gasteiger partial charge in [-0.2, -0.15) is 0 Å². The van der Waals surface area contributed by atoms with E-state index in [9.17, 15) is 0 Å². The van der Waals surface area contributed by atoms with Crippen molar-refractivity contribution in [2.75, 3.05) is 7.11 Å². The first kappa shape index (κ1) is 14.8. The molecule has 1 aromatic heterocycles. The van der Waals surface area contributed by atoms with Crippen LogP contribution in [0.5, 0.6) is 11.5 Å². The van der Waals surface area contributed by atoms with Crippen molar-refractivity contribution in [2.24, 2.45) is 5.73 Å². The van der Waals surface area contributed by atoms with Gasteiger partial charge in [-0.15, -0.1) is 0 Å². The maximum absolute atomic E-state index is 6.29. The average molecular weight is 414 g/mol. The number of halogens is 2. The second-order valence-electron chi connectivity index (χ2n) is 4.87. The van der Waals surface area contributed by atoms with Crippen LogP contribution in [0.2, 0.25) is 0 Å². The van der Waals surface area contributed by atoms with Crippen molar-refractivity contribution in [3.05, 3.63) is 50.7 Å². The van der Waals surface area contributed by atoms with Crippen LogP contribution in [0.4, 0.5) is 0 Å². The first-order valence-electron chi connectivity index (χ1n) is 6.49. The van der Waals surface area contributed by atoms with E-state index in [0.29, 0.717) is 6.42 Å². The summed E-state index contributed by atoms with van der Waals surface area (Å²) < 4.78 is 13.1. The summed E-state index contributed by atoms with van der Waals surface area (Å²) in [7, 11) is 1.64. The van der Waals surface area contributed by atoms with Crippen molar-refractivity contribution in [2.45, 2.75) is 18.6 Å². The third kappa shape index (κ3) is 2.93. The third-order valence-electron chi connectivity index (χ3n) is 3.49. The van der Waals surface area contributed by atoms with E-state index in [2.05, 4.69) is 36.8 Å². The Morgan fingerprint density at radius 2 is 2.14 bits per heavy atom. The fraction of sp³-hybridized carbons (Fsp3) is 0.267. The van der Waals surface area contributed by atoms with Crippen LogP contribution in [-0.4, -0.2) is 12.1 Å². The van der Waals surface area contributed by atoms with Gasteiger partial charge in [0.15, 0.2) is 0 Å². The molecule has 0 saturated heterocycles. The van der Waals surface area contributed by atoms with Crippen molar-refractivity contribution in [3.8, 4) is 11.5 Å². The summed E-state index contributed by atoms with van der Waals surface area (Å²) in [5.41, 5.74) is 8.12. The van der Waals surface area contributed by atoms with E-state index in [1.165, 1.54) is 0 Å². The quantitative estimate of drug-likeness (QED) is 0.803. The summed E-state index contributed by atoms with van der Waals surface area (Å²) >= 11 is 6.93. The van der Waals surface area contributed by atoms with Crippen LogP contribution in [0, 0.1) is 0 Å². The van der Waals surface area contributed by atoms with Crippen LogP contribution in [0.1, 0.15) is 29.8 Å². The number of ether oxygens (including phenoxy) is 2. The number of benzene rings is 1. The Morgan fingerprint density at radius 1 is 1.33 bits per heavy atom. The predicted octanol–water partition coefficient (Wildman–Crippen LogP) is 4.14. The molecule has 2 aromatic rings. The molecule has 0 amide bonds. The van der Waals surface area contributed by atoms with Crippen LogP contribution in [0.15, 0.2) is 39.4 Å². The summed E-state index contributed by atoms with van der Waals surface area (Å²) in [6.07, 6.45) is 2.27. The van der Waals surface area contributed by atoms with Gasteiger partial charge in [0.05, 0.1) is 12.8 Å². The summed E-state index contributed by atoms with van der Waals surface area (Å²) in [5, 5.41) is 0. The molecule has 1 aliphatic heterocycles. The molecule has 0 saturated carbocycles. The number of aromatic nitrogens is 1. The van der Waals surface area contributed by atoms with Gasteiger partial charge >= 0.3 is 0 Å². The van der Waals surface area contributed by atoms with Gasteiger partial charge in [-0.25, -0.2) is 0 Å². The van der Waals surface area contributed by atoms with Crippen molar-refractivity contribution < 1.29 is 9.47 Å². The molecule has 0 radical (unpaired) electrons. The smallest absolute Gasteiger partial charge is 0.143 e. The van der Waals surface area contributed by atoms with Gasteiger partial charge in [-0.3, -0.25) is 4.98 Å². The summed E-state index contributed by atoms with van der Waals surface area (Å²) in [6.45, 7) is 0. The highest BCUT2D eigenvalue weighted by atomic mass is 79.9. The van der Waals surface area contributed by atoms with E-state index in [1.54, 1.807) is 13.3 Å². The topological polar surface area (TPSA) is 57.4 Å². The minimum absolute atomic E-state index is 0.105. The predicted molar refractivity (Wildman–Crippen MR) is 87.5 cm³/mol. The molecule has 0 spiro atoms. The van der Waals surface area contributed by atoms with Crippen LogP contribution in [0.25, 0.3) is 0 Å². The van der Waals surface area contributed by atoms with Crippen LogP contribution < -0.4 is 15.2 Å². The lowest BCUT2D eigenvalue weighted by Crippen LogP contribution is -2.25. The van der Waals surface area contributed by atoms with E-state index < -0.39 is 0 Å². The van der Waals surface area contributed by atoms with Crippen molar-refractivity contribution >= 4 is 31.9 Å². The van der Waals surface area contributed by atoms with Crippen molar-refractivity contribution in [3.63, 3.8) is 0 Å². The minimum atomic E-state index is -0.164. The minimum Gasteiger partial charge on any atom is -0.497 e. The molecule has 2 heterocycles. The fourth-order valence-corrected chi connectivity index (χ4v) is 3.68. The standard InChI is InChI=1S/C15H14Br2N2O2/c1-20-9-2-3-13-10(5-9)12(18)6-14(21-13)15-11(17)4-8(16)7-19-15/h2-5,7,12,14H,6,18H2,1H3/t12-,14?/m1/s1. The Labute approximate surface area is 139 Å². The van der Waals surface area contributed by atoms with Gasteiger partial charge in [-0.05, 0) is 56.1 Å². The first-order chi connectivity index (χ1) is 10.1. The summed E-state index contributed by atoms with van der Waals surface area (Å²) in [4.78, 5) is 4.44. The highest BCUT2D eigenvalue weighted by Gasteiger charge is 2.29. The third-order valence-corrected chi connectivity index (χ3v) is 4.56. The lowest BCUT2D eigenvalue weighted by molar-refractivity contribution is 0.156. The molecule has 110 valence electrons. The average Bonchev–Trinajstić information content (AvgIpc) is 2.47. The molecule has 1 aromatic carbocycles. The zero-order chi connectivity index (χ0) is 15.0. The van der Waals surface area contributed by atoms with Gasteiger partial charge in [0.2, 0.25) is 0 Å². The lowest BCUT2D eigenvalue weighted by Gasteiger charge is -2.30. The second kappa shape index (κ2) is 5.94. The molecule has 0 aliphatic carbocycles. The number of methoxy groups -OCH3 is 1. The maximum Gasteiger partial charge on any atom is 0.143 e. The monoisotopic (exact) mass is 412 g/mol. The number of rotatable bonds is 2. The second-order valence-corrected chi connectivity index (χ2v) is 6.64. The first-order valence-corrected chi connectivity index (χ1v) is 8.08. The molecule has 2 N–H and O–H groups in total. The number of nitrogens with two attached hydrogens (primary N) is 1. The molecule has 0 bridgehead atoms. The van der Waals surface area contributed by atoms with E-state index in [1.807, 2.05) is 24.3 Å². The van der Waals surface area contributed by atoms with Crippen LogP contribution >= 0.6 is 31.9 Å². The van der Waals surface area contributed by atoms with Crippen LogP contribution in [0.3, 0.4) is 0 Å². The Kier molecular flexibility index (Phi) is 4.19. The number of hydrogen-bond donors (Lipinski definition) is 1. The molecule has 2 atom stereocenters.